The number of amides is 3. The van der Waals surface area contributed by atoms with Crippen LogP contribution in [0.15, 0.2) is 60.7 Å². The van der Waals surface area contributed by atoms with Crippen molar-refractivity contribution in [1.29, 1.82) is 0 Å². The van der Waals surface area contributed by atoms with E-state index >= 15 is 0 Å². The monoisotopic (exact) mass is 568 g/mol. The number of carboxylic acid groups (broad SMARTS) is 1. The van der Waals surface area contributed by atoms with Crippen molar-refractivity contribution in [2.75, 3.05) is 19.6 Å². The molecule has 41 heavy (non-hydrogen) atoms. The summed E-state index contributed by atoms with van der Waals surface area (Å²) in [5.41, 5.74) is 4.01. The van der Waals surface area contributed by atoms with Crippen molar-refractivity contribution >= 4 is 23.9 Å². The van der Waals surface area contributed by atoms with Gasteiger partial charge in [-0.15, -0.1) is 4.48 Å². The number of esters is 1. The topological polar surface area (TPSA) is 131 Å². The number of carbonyl (C=O) groups is 4. The number of hydroxylamine groups is 1. The highest BCUT2D eigenvalue weighted by molar-refractivity contribution is 5.90. The first-order valence-electron chi connectivity index (χ1n) is 14.4. The van der Waals surface area contributed by atoms with E-state index in [1.807, 2.05) is 48.5 Å². The van der Waals surface area contributed by atoms with Crippen LogP contribution in [0.3, 0.4) is 0 Å². The van der Waals surface area contributed by atoms with Crippen LogP contribution in [0.2, 0.25) is 0 Å². The fraction of sp³-hybridized carbons (Fsp3) is 0.484. The average Bonchev–Trinajstić information content (AvgIpc) is 2.99. The molecule has 2 aromatic carbocycles. The summed E-state index contributed by atoms with van der Waals surface area (Å²) < 4.78 is 4.40. The summed E-state index contributed by atoms with van der Waals surface area (Å²) in [6, 6.07) is 17.1. The zero-order valence-corrected chi connectivity index (χ0v) is 23.8. The van der Waals surface area contributed by atoms with Crippen molar-refractivity contribution in [3.63, 3.8) is 0 Å². The van der Waals surface area contributed by atoms with Crippen LogP contribution in [-0.4, -0.2) is 59.1 Å². The smallest absolute Gasteiger partial charge is 0.456 e. The van der Waals surface area contributed by atoms with E-state index in [1.54, 1.807) is 12.1 Å². The fourth-order valence-electron chi connectivity index (χ4n) is 5.15. The summed E-state index contributed by atoms with van der Waals surface area (Å²) in [5, 5.41) is 13.5. The molecule has 10 heteroatoms. The number of quaternary nitrogens is 1. The number of hydrogen-bond acceptors (Lipinski definition) is 7. The van der Waals surface area contributed by atoms with Gasteiger partial charge in [-0.25, -0.2) is 15.1 Å². The predicted octanol–water partition coefficient (Wildman–Crippen LogP) is 4.34. The highest BCUT2D eigenvalue weighted by Gasteiger charge is 2.58. The number of nitrogens with one attached hydrogen (secondary N) is 2. The highest BCUT2D eigenvalue weighted by Crippen LogP contribution is 2.28. The standard InChI is InChI=1S/C31H41N3O7/c1-2-3-4-5-12-17-26(20-28(35)33-41-23-25-15-10-7-11-16-25)29(36)34(31(38)39)19-18-32-21-27(34)30(37)40-22-24-13-8-6-9-14-24/h6-11,13-16,26-27,32H,2-5,12,17-23H2,1H3,(H-,33,35,38,39)/p+1/t26-,27?,34+/m1/s1. The minimum absolute atomic E-state index is 0.0265. The van der Waals surface area contributed by atoms with E-state index in [0.29, 0.717) is 12.8 Å². The van der Waals surface area contributed by atoms with Gasteiger partial charge in [-0.1, -0.05) is 99.7 Å². The van der Waals surface area contributed by atoms with Gasteiger partial charge in [0.1, 0.15) is 13.2 Å². The van der Waals surface area contributed by atoms with Crippen LogP contribution >= 0.6 is 0 Å². The molecule has 222 valence electrons. The van der Waals surface area contributed by atoms with Gasteiger partial charge in [-0.05, 0) is 17.5 Å². The van der Waals surface area contributed by atoms with Crippen molar-refractivity contribution in [1.82, 2.24) is 10.8 Å². The molecule has 0 spiro atoms. The maximum Gasteiger partial charge on any atom is 0.521 e. The number of rotatable bonds is 15. The molecule has 1 fully saturated rings. The molecule has 1 unspecified atom stereocenters. The Morgan fingerprint density at radius 3 is 2.22 bits per heavy atom. The summed E-state index contributed by atoms with van der Waals surface area (Å²) >= 11 is 0. The Morgan fingerprint density at radius 2 is 1.59 bits per heavy atom. The van der Waals surface area contributed by atoms with Crippen LogP contribution in [0.1, 0.15) is 63.0 Å². The molecule has 0 bridgehead atoms. The number of carbonyl (C=O) groups excluding carboxylic acids is 3. The van der Waals surface area contributed by atoms with Gasteiger partial charge in [0.2, 0.25) is 11.9 Å². The molecule has 3 atom stereocenters. The molecule has 3 rings (SSSR count). The van der Waals surface area contributed by atoms with Gasteiger partial charge in [0.15, 0.2) is 0 Å². The Labute approximate surface area is 241 Å². The minimum atomic E-state index is -1.42. The molecule has 0 aliphatic carbocycles. The lowest BCUT2D eigenvalue weighted by atomic mass is 9.92. The summed E-state index contributed by atoms with van der Waals surface area (Å²) in [4.78, 5) is 58.4. The molecule has 2 aromatic rings. The zero-order valence-electron chi connectivity index (χ0n) is 23.8. The predicted molar refractivity (Wildman–Crippen MR) is 152 cm³/mol. The second-order valence-electron chi connectivity index (χ2n) is 10.4. The van der Waals surface area contributed by atoms with Crippen LogP contribution in [0.25, 0.3) is 0 Å². The van der Waals surface area contributed by atoms with E-state index < -0.39 is 40.3 Å². The lowest BCUT2D eigenvalue weighted by Crippen LogP contribution is -2.73. The Balaban J connectivity index is 1.75. The molecule has 3 N–H and O–H groups in total. The van der Waals surface area contributed by atoms with Crippen molar-refractivity contribution < 1.29 is 38.3 Å². The fourth-order valence-corrected chi connectivity index (χ4v) is 5.15. The Hall–Kier alpha value is -3.60. The molecular weight excluding hydrogens is 526 g/mol. The lowest BCUT2D eigenvalue weighted by Gasteiger charge is -2.40. The van der Waals surface area contributed by atoms with E-state index in [-0.39, 0.29) is 39.3 Å². The second-order valence-corrected chi connectivity index (χ2v) is 10.4. The first-order chi connectivity index (χ1) is 19.9. The number of benzene rings is 2. The number of imide groups is 1. The van der Waals surface area contributed by atoms with Gasteiger partial charge >= 0.3 is 18.0 Å². The van der Waals surface area contributed by atoms with E-state index in [0.717, 1.165) is 36.8 Å². The summed E-state index contributed by atoms with van der Waals surface area (Å²) in [7, 11) is 0. The van der Waals surface area contributed by atoms with Crippen molar-refractivity contribution in [2.45, 2.75) is 71.1 Å². The third kappa shape index (κ3) is 9.21. The molecule has 1 aliphatic rings. The van der Waals surface area contributed by atoms with E-state index in [4.69, 9.17) is 9.57 Å². The summed E-state index contributed by atoms with van der Waals surface area (Å²) in [6.07, 6.45) is 3.30. The number of hydrogen-bond donors (Lipinski definition) is 3. The lowest BCUT2D eigenvalue weighted by molar-refractivity contribution is -0.804. The third-order valence-electron chi connectivity index (χ3n) is 7.45. The van der Waals surface area contributed by atoms with Gasteiger partial charge in [0.25, 0.3) is 0 Å². The van der Waals surface area contributed by atoms with Gasteiger partial charge < -0.3 is 15.2 Å². The number of piperazine rings is 1. The Morgan fingerprint density at radius 1 is 0.951 bits per heavy atom. The molecule has 10 nitrogen and oxygen atoms in total. The SMILES string of the molecule is CCCCCCC[C@H](CC(=O)NOCc1ccccc1)C(=O)[N@+]1(C(=O)O)CCNCC1C(=O)OCc1ccccc1. The Bertz CT molecular complexity index is 1130. The van der Waals surface area contributed by atoms with Crippen molar-refractivity contribution in [2.24, 2.45) is 5.92 Å². The number of nitrogens with zero attached hydrogens (tertiary/aromatic N) is 1. The molecule has 1 aliphatic heterocycles. The third-order valence-corrected chi connectivity index (χ3v) is 7.45. The maximum atomic E-state index is 14.1. The molecular formula is C31H42N3O7+. The first-order valence-corrected chi connectivity index (χ1v) is 14.4. The summed E-state index contributed by atoms with van der Waals surface area (Å²) in [5.74, 6) is -2.85. The Kier molecular flexibility index (Phi) is 12.9. The number of ether oxygens (including phenoxy) is 1. The average molecular weight is 569 g/mol. The maximum absolute atomic E-state index is 14.1. The molecule has 3 amide bonds. The van der Waals surface area contributed by atoms with Gasteiger partial charge in [0, 0.05) is 13.0 Å². The normalized spacial score (nSPS) is 19.2. The van der Waals surface area contributed by atoms with Crippen LogP contribution in [0.4, 0.5) is 4.79 Å². The minimum Gasteiger partial charge on any atom is -0.456 e. The van der Waals surface area contributed by atoms with Crippen LogP contribution in [0.5, 0.6) is 0 Å². The van der Waals surface area contributed by atoms with Gasteiger partial charge in [-0.3, -0.25) is 9.63 Å². The molecule has 0 aromatic heterocycles. The van der Waals surface area contributed by atoms with Gasteiger partial charge in [-0.2, -0.15) is 4.79 Å². The zero-order chi connectivity index (χ0) is 29.5. The van der Waals surface area contributed by atoms with Crippen LogP contribution in [-0.2, 0) is 37.2 Å². The quantitative estimate of drug-likeness (QED) is 0.125. The van der Waals surface area contributed by atoms with Gasteiger partial charge in [0.05, 0.1) is 19.1 Å². The molecule has 0 saturated carbocycles. The van der Waals surface area contributed by atoms with Crippen molar-refractivity contribution in [3.05, 3.63) is 71.8 Å². The molecule has 0 radical (unpaired) electrons. The molecule has 1 saturated heterocycles. The van der Waals surface area contributed by atoms with E-state index in [9.17, 15) is 24.3 Å². The second kappa shape index (κ2) is 16.6. The van der Waals surface area contributed by atoms with E-state index in [2.05, 4.69) is 17.7 Å². The first kappa shape index (κ1) is 31.9. The largest absolute Gasteiger partial charge is 0.521 e. The number of unbranched alkanes of at least 4 members (excludes halogenated alkanes) is 4. The highest BCUT2D eigenvalue weighted by atomic mass is 16.6. The van der Waals surface area contributed by atoms with Crippen molar-refractivity contribution in [3.8, 4) is 0 Å². The summed E-state index contributed by atoms with van der Waals surface area (Å²) in [6.45, 7) is 2.30. The van der Waals surface area contributed by atoms with Crippen LogP contribution in [0, 0.1) is 5.92 Å². The molecule has 1 heterocycles. The van der Waals surface area contributed by atoms with E-state index in [1.165, 1.54) is 0 Å². The van der Waals surface area contributed by atoms with Crippen LogP contribution < -0.4 is 10.8 Å².